The second kappa shape index (κ2) is 9.22. The number of nitriles is 1. The lowest BCUT2D eigenvalue weighted by molar-refractivity contribution is 0.0936. The standard InChI is InChI=1S/C27H29N9O2/c1-3-36-24-23-20(29-16-30-24)12-18(13-21(23)32-26(36)38)14-34-8-10-35(11-9-34)22-5-4-19(31-17(22)2)25(37)33-27(15-28)6-7-27/h4-5,12-13,16H,3,6-11,14H2,1-2H3,(H,29,30)(H,33,37). The van der Waals surface area contributed by atoms with Crippen molar-refractivity contribution in [3.8, 4) is 6.07 Å². The van der Waals surface area contributed by atoms with Gasteiger partial charge in [0.05, 0.1) is 40.4 Å². The summed E-state index contributed by atoms with van der Waals surface area (Å²) in [5.41, 5.74) is 3.85. The minimum atomic E-state index is -0.707. The highest BCUT2D eigenvalue weighted by Crippen LogP contribution is 2.35. The summed E-state index contributed by atoms with van der Waals surface area (Å²) in [6, 6.07) is 9.98. The molecule has 4 heterocycles. The maximum absolute atomic E-state index is 12.5. The topological polar surface area (TPSA) is 132 Å². The van der Waals surface area contributed by atoms with Crippen LogP contribution in [0.4, 0.5) is 17.2 Å². The van der Waals surface area contributed by atoms with E-state index in [-0.39, 0.29) is 11.6 Å². The quantitative estimate of drug-likeness (QED) is 0.515. The molecule has 11 nitrogen and oxygen atoms in total. The number of aryl methyl sites for hydroxylation is 1. The molecule has 1 amide bonds. The van der Waals surface area contributed by atoms with Crippen molar-refractivity contribution in [1.29, 1.82) is 5.26 Å². The fraction of sp³-hybridized carbons (Fsp3) is 0.407. The minimum Gasteiger partial charge on any atom is -0.368 e. The van der Waals surface area contributed by atoms with Gasteiger partial charge in [0.15, 0.2) is 0 Å². The fourth-order valence-corrected chi connectivity index (χ4v) is 5.28. The van der Waals surface area contributed by atoms with Crippen LogP contribution in [0.5, 0.6) is 0 Å². The van der Waals surface area contributed by atoms with Crippen LogP contribution in [0.2, 0.25) is 0 Å². The third-order valence-electron chi connectivity index (χ3n) is 7.55. The van der Waals surface area contributed by atoms with E-state index in [0.29, 0.717) is 36.4 Å². The van der Waals surface area contributed by atoms with Crippen LogP contribution in [0.1, 0.15) is 41.5 Å². The lowest BCUT2D eigenvalue weighted by atomic mass is 10.1. The molecule has 0 bridgehead atoms. The first-order valence-electron chi connectivity index (χ1n) is 12.9. The van der Waals surface area contributed by atoms with E-state index in [0.717, 1.165) is 60.7 Å². The highest BCUT2D eigenvalue weighted by atomic mass is 16.2. The molecule has 3 aromatic rings. The van der Waals surface area contributed by atoms with Crippen LogP contribution in [0.15, 0.2) is 34.1 Å². The number of pyridine rings is 1. The number of benzene rings is 1. The molecule has 6 rings (SSSR count). The summed E-state index contributed by atoms with van der Waals surface area (Å²) < 4.78 is 1.59. The van der Waals surface area contributed by atoms with Gasteiger partial charge in [0.25, 0.3) is 5.91 Å². The van der Waals surface area contributed by atoms with Crippen LogP contribution in [0.25, 0.3) is 10.9 Å². The summed E-state index contributed by atoms with van der Waals surface area (Å²) in [6.45, 7) is 8.50. The Kier molecular flexibility index (Phi) is 5.84. The van der Waals surface area contributed by atoms with E-state index in [1.54, 1.807) is 17.0 Å². The Bertz CT molecular complexity index is 1570. The molecule has 38 heavy (non-hydrogen) atoms. The molecule has 2 N–H and O–H groups in total. The highest BCUT2D eigenvalue weighted by molar-refractivity contribution is 6.06. The van der Waals surface area contributed by atoms with Crippen molar-refractivity contribution < 1.29 is 4.79 Å². The molecule has 0 unspecified atom stereocenters. The van der Waals surface area contributed by atoms with Gasteiger partial charge in [0, 0.05) is 39.3 Å². The highest BCUT2D eigenvalue weighted by Gasteiger charge is 2.45. The SMILES string of the molecule is CCn1c2c3c(cc(CN4CCN(c5ccc(C(=O)NC6(C#N)CC6)nc5C)CC4)cc3nc1=O)NC=N2. The first kappa shape index (κ1) is 24.1. The van der Waals surface area contributed by atoms with Gasteiger partial charge in [-0.15, -0.1) is 0 Å². The number of anilines is 2. The molecule has 1 saturated carbocycles. The Labute approximate surface area is 219 Å². The van der Waals surface area contributed by atoms with Crippen molar-refractivity contribution >= 4 is 40.3 Å². The van der Waals surface area contributed by atoms with Crippen molar-refractivity contribution in [2.75, 3.05) is 36.4 Å². The number of carbonyl (C=O) groups excluding carboxylic acids is 1. The van der Waals surface area contributed by atoms with Gasteiger partial charge >= 0.3 is 5.69 Å². The zero-order valence-electron chi connectivity index (χ0n) is 21.5. The number of aliphatic imine (C=N–C) groups is 1. The second-order valence-electron chi connectivity index (χ2n) is 10.1. The van der Waals surface area contributed by atoms with Gasteiger partial charge in [0.2, 0.25) is 0 Å². The van der Waals surface area contributed by atoms with E-state index >= 15 is 0 Å². The number of piperazine rings is 1. The largest absolute Gasteiger partial charge is 0.368 e. The molecule has 2 fully saturated rings. The lowest BCUT2D eigenvalue weighted by Gasteiger charge is -2.36. The summed E-state index contributed by atoms with van der Waals surface area (Å²) in [7, 11) is 0. The van der Waals surface area contributed by atoms with Crippen LogP contribution in [0, 0.1) is 18.3 Å². The summed E-state index contributed by atoms with van der Waals surface area (Å²) in [5.74, 6) is 0.356. The molecule has 0 spiro atoms. The van der Waals surface area contributed by atoms with Crippen molar-refractivity contribution in [3.63, 3.8) is 0 Å². The predicted octanol–water partition coefficient (Wildman–Crippen LogP) is 2.31. The molecule has 0 atom stereocenters. The zero-order chi connectivity index (χ0) is 26.4. The number of aromatic nitrogens is 3. The zero-order valence-corrected chi connectivity index (χ0v) is 21.5. The monoisotopic (exact) mass is 511 g/mol. The number of rotatable bonds is 6. The third kappa shape index (κ3) is 4.26. The smallest absolute Gasteiger partial charge is 0.349 e. The minimum absolute atomic E-state index is 0.282. The van der Waals surface area contributed by atoms with Crippen LogP contribution in [0.3, 0.4) is 0 Å². The second-order valence-corrected chi connectivity index (χ2v) is 10.1. The fourth-order valence-electron chi connectivity index (χ4n) is 5.28. The first-order chi connectivity index (χ1) is 18.4. The van der Waals surface area contributed by atoms with Gasteiger partial charge in [-0.1, -0.05) is 0 Å². The molecule has 2 aromatic heterocycles. The average Bonchev–Trinajstić information content (AvgIpc) is 3.69. The molecule has 3 aliphatic rings. The average molecular weight is 512 g/mol. The van der Waals surface area contributed by atoms with E-state index in [1.165, 1.54) is 0 Å². The Morgan fingerprint density at radius 1 is 1.18 bits per heavy atom. The Morgan fingerprint density at radius 3 is 2.66 bits per heavy atom. The number of nitrogens with zero attached hydrogens (tertiary/aromatic N) is 7. The van der Waals surface area contributed by atoms with Gasteiger partial charge < -0.3 is 15.5 Å². The summed E-state index contributed by atoms with van der Waals surface area (Å²) in [4.78, 5) is 43.0. The summed E-state index contributed by atoms with van der Waals surface area (Å²) in [6.07, 6.45) is 3.01. The van der Waals surface area contributed by atoms with E-state index < -0.39 is 5.54 Å². The van der Waals surface area contributed by atoms with Crippen LogP contribution in [-0.4, -0.2) is 63.4 Å². The molecular formula is C27H29N9O2. The van der Waals surface area contributed by atoms with Crippen molar-refractivity contribution in [2.24, 2.45) is 4.99 Å². The Hall–Kier alpha value is -4.30. The number of amides is 1. The van der Waals surface area contributed by atoms with Crippen LogP contribution >= 0.6 is 0 Å². The molecule has 1 aliphatic carbocycles. The van der Waals surface area contributed by atoms with Gasteiger partial charge in [-0.25, -0.2) is 14.8 Å². The van der Waals surface area contributed by atoms with Gasteiger partial charge in [0.1, 0.15) is 17.1 Å². The van der Waals surface area contributed by atoms with Crippen molar-refractivity contribution in [2.45, 2.75) is 45.3 Å². The number of hydrogen-bond donors (Lipinski definition) is 2. The lowest BCUT2D eigenvalue weighted by Crippen LogP contribution is -2.46. The van der Waals surface area contributed by atoms with E-state index in [2.05, 4.69) is 47.5 Å². The maximum Gasteiger partial charge on any atom is 0.349 e. The Balaban J connectivity index is 1.13. The molecule has 0 radical (unpaired) electrons. The molecule has 2 aliphatic heterocycles. The number of carbonyl (C=O) groups is 1. The van der Waals surface area contributed by atoms with Crippen molar-refractivity contribution in [3.05, 3.63) is 51.7 Å². The number of hydrogen-bond acceptors (Lipinski definition) is 9. The van der Waals surface area contributed by atoms with E-state index in [9.17, 15) is 14.9 Å². The predicted molar refractivity (Wildman–Crippen MR) is 145 cm³/mol. The normalized spacial score (nSPS) is 17.7. The molecule has 1 saturated heterocycles. The van der Waals surface area contributed by atoms with Gasteiger partial charge in [-0.2, -0.15) is 10.2 Å². The maximum atomic E-state index is 12.5. The van der Waals surface area contributed by atoms with Gasteiger partial charge in [-0.3, -0.25) is 14.3 Å². The third-order valence-corrected chi connectivity index (χ3v) is 7.55. The van der Waals surface area contributed by atoms with Gasteiger partial charge in [-0.05, 0) is 56.5 Å². The molecule has 11 heteroatoms. The van der Waals surface area contributed by atoms with Crippen LogP contribution in [-0.2, 0) is 13.1 Å². The van der Waals surface area contributed by atoms with E-state index in [1.807, 2.05) is 26.0 Å². The molecular weight excluding hydrogens is 482 g/mol. The molecule has 194 valence electrons. The molecule has 1 aromatic carbocycles. The first-order valence-corrected chi connectivity index (χ1v) is 12.9. The summed E-state index contributed by atoms with van der Waals surface area (Å²) >= 11 is 0. The number of nitrogens with one attached hydrogen (secondary N) is 2. The summed E-state index contributed by atoms with van der Waals surface area (Å²) in [5, 5.41) is 16.1. The van der Waals surface area contributed by atoms with E-state index in [4.69, 9.17) is 0 Å². The van der Waals surface area contributed by atoms with Crippen LogP contribution < -0.4 is 21.2 Å². The Morgan fingerprint density at radius 2 is 1.97 bits per heavy atom. The van der Waals surface area contributed by atoms with Crippen molar-refractivity contribution in [1.82, 2.24) is 24.8 Å².